The third-order valence-corrected chi connectivity index (χ3v) is 3.61. The maximum atomic E-state index is 5.67. The van der Waals surface area contributed by atoms with Gasteiger partial charge in [0.2, 0.25) is 5.89 Å². The van der Waals surface area contributed by atoms with Crippen LogP contribution in [0.2, 0.25) is 0 Å². The molecule has 0 saturated heterocycles. The molecule has 0 atom stereocenters. The molecule has 5 heteroatoms. The van der Waals surface area contributed by atoms with E-state index in [2.05, 4.69) is 40.1 Å². The fourth-order valence-corrected chi connectivity index (χ4v) is 2.00. The van der Waals surface area contributed by atoms with Gasteiger partial charge in [0.25, 0.3) is 0 Å². The fraction of sp³-hybridized carbons (Fsp3) is 0.357. The van der Waals surface area contributed by atoms with Gasteiger partial charge in [0, 0.05) is 23.1 Å². The summed E-state index contributed by atoms with van der Waals surface area (Å²) in [6.07, 6.45) is 1.67. The van der Waals surface area contributed by atoms with Gasteiger partial charge in [0.15, 0.2) is 0 Å². The van der Waals surface area contributed by atoms with Gasteiger partial charge in [-0.3, -0.25) is 0 Å². The summed E-state index contributed by atoms with van der Waals surface area (Å²) >= 11 is 3.49. The smallest absolute Gasteiger partial charge is 0.227 e. The minimum absolute atomic E-state index is 0.105. The first kappa shape index (κ1) is 14.2. The van der Waals surface area contributed by atoms with Gasteiger partial charge in [0.1, 0.15) is 6.26 Å². The largest absolute Gasteiger partial charge is 0.444 e. The number of nitrogens with one attached hydrogen (secondary N) is 1. The summed E-state index contributed by atoms with van der Waals surface area (Å²) < 4.78 is 6.49. The molecule has 0 amide bonds. The zero-order valence-electron chi connectivity index (χ0n) is 11.1. The molecule has 0 aliphatic heterocycles. The molecule has 1 heterocycles. The summed E-state index contributed by atoms with van der Waals surface area (Å²) in [5, 5.41) is 3.35. The fourth-order valence-electron chi connectivity index (χ4n) is 1.55. The summed E-state index contributed by atoms with van der Waals surface area (Å²) in [6, 6.07) is 7.86. The van der Waals surface area contributed by atoms with Crippen LogP contribution in [0, 0.1) is 0 Å². The van der Waals surface area contributed by atoms with Crippen LogP contribution in [0.5, 0.6) is 0 Å². The highest BCUT2D eigenvalue weighted by Crippen LogP contribution is 2.27. The van der Waals surface area contributed by atoms with Crippen LogP contribution in [0.4, 0.5) is 0 Å². The molecular formula is C14H18BrN3O. The number of hydrogen-bond donors (Lipinski definition) is 2. The summed E-state index contributed by atoms with van der Waals surface area (Å²) in [7, 11) is 0. The van der Waals surface area contributed by atoms with Crippen LogP contribution >= 0.6 is 15.9 Å². The van der Waals surface area contributed by atoms with Crippen LogP contribution in [-0.2, 0) is 6.54 Å². The minimum atomic E-state index is -0.105. The topological polar surface area (TPSA) is 64.1 Å². The number of aromatic nitrogens is 1. The number of nitrogens with zero attached hydrogens (tertiary/aromatic N) is 1. The predicted molar refractivity (Wildman–Crippen MR) is 79.6 cm³/mol. The first-order valence-corrected chi connectivity index (χ1v) is 6.95. The standard InChI is InChI=1S/C14H18BrN3O/c1-14(2,9-16)17-7-10-8-19-13(18-10)11-5-3-4-6-12(11)15/h3-6,8,17H,7,9,16H2,1-2H3. The van der Waals surface area contributed by atoms with Crippen LogP contribution in [0.25, 0.3) is 11.5 Å². The van der Waals surface area contributed by atoms with Crippen LogP contribution in [0.1, 0.15) is 19.5 Å². The Labute approximate surface area is 121 Å². The Morgan fingerprint density at radius 3 is 2.79 bits per heavy atom. The van der Waals surface area contributed by atoms with Crippen molar-refractivity contribution in [2.24, 2.45) is 5.73 Å². The molecule has 19 heavy (non-hydrogen) atoms. The molecule has 0 unspecified atom stereocenters. The van der Waals surface area contributed by atoms with Crippen molar-refractivity contribution in [1.82, 2.24) is 10.3 Å². The van der Waals surface area contributed by atoms with E-state index in [0.717, 1.165) is 15.7 Å². The van der Waals surface area contributed by atoms with E-state index in [4.69, 9.17) is 10.2 Å². The molecule has 1 aromatic heterocycles. The second-order valence-corrected chi connectivity index (χ2v) is 5.92. The first-order valence-electron chi connectivity index (χ1n) is 6.16. The van der Waals surface area contributed by atoms with Crippen LogP contribution in [-0.4, -0.2) is 17.1 Å². The normalized spacial score (nSPS) is 11.8. The van der Waals surface area contributed by atoms with Crippen molar-refractivity contribution in [3.8, 4) is 11.5 Å². The Kier molecular flexibility index (Phi) is 4.39. The van der Waals surface area contributed by atoms with E-state index in [1.54, 1.807) is 6.26 Å². The lowest BCUT2D eigenvalue weighted by Gasteiger charge is -2.23. The minimum Gasteiger partial charge on any atom is -0.444 e. The highest BCUT2D eigenvalue weighted by molar-refractivity contribution is 9.10. The summed E-state index contributed by atoms with van der Waals surface area (Å²) in [6.45, 7) is 5.32. The molecule has 0 bridgehead atoms. The molecule has 2 rings (SSSR count). The summed E-state index contributed by atoms with van der Waals surface area (Å²) in [5.41, 5.74) is 7.39. The second-order valence-electron chi connectivity index (χ2n) is 5.07. The Morgan fingerprint density at radius 2 is 2.11 bits per heavy atom. The molecule has 2 aromatic rings. The van der Waals surface area contributed by atoms with E-state index in [-0.39, 0.29) is 5.54 Å². The molecule has 4 nitrogen and oxygen atoms in total. The molecule has 0 spiro atoms. The number of halogens is 1. The van der Waals surface area contributed by atoms with Crippen molar-refractivity contribution in [2.45, 2.75) is 25.9 Å². The Hall–Kier alpha value is -1.17. The van der Waals surface area contributed by atoms with Gasteiger partial charge in [-0.15, -0.1) is 0 Å². The van der Waals surface area contributed by atoms with Gasteiger partial charge in [-0.25, -0.2) is 4.98 Å². The third kappa shape index (κ3) is 3.65. The van der Waals surface area contributed by atoms with Gasteiger partial charge in [-0.1, -0.05) is 12.1 Å². The first-order chi connectivity index (χ1) is 9.02. The van der Waals surface area contributed by atoms with Crippen molar-refractivity contribution in [3.63, 3.8) is 0 Å². The van der Waals surface area contributed by atoms with E-state index in [1.165, 1.54) is 0 Å². The molecule has 3 N–H and O–H groups in total. The average Bonchev–Trinajstić information content (AvgIpc) is 2.86. The maximum Gasteiger partial charge on any atom is 0.227 e. The molecule has 0 aliphatic rings. The molecule has 102 valence electrons. The number of hydrogen-bond acceptors (Lipinski definition) is 4. The highest BCUT2D eigenvalue weighted by atomic mass is 79.9. The maximum absolute atomic E-state index is 5.67. The van der Waals surface area contributed by atoms with E-state index in [9.17, 15) is 0 Å². The Balaban J connectivity index is 2.10. The van der Waals surface area contributed by atoms with E-state index in [0.29, 0.717) is 19.0 Å². The summed E-state index contributed by atoms with van der Waals surface area (Å²) in [5.74, 6) is 0.620. The second kappa shape index (κ2) is 5.86. The SMILES string of the molecule is CC(C)(CN)NCc1coc(-c2ccccc2Br)n1. The number of benzene rings is 1. The van der Waals surface area contributed by atoms with Crippen molar-refractivity contribution in [1.29, 1.82) is 0 Å². The zero-order chi connectivity index (χ0) is 13.9. The van der Waals surface area contributed by atoms with Gasteiger partial charge in [0.05, 0.1) is 11.3 Å². The number of rotatable bonds is 5. The van der Waals surface area contributed by atoms with Crippen molar-refractivity contribution in [3.05, 3.63) is 40.7 Å². The lowest BCUT2D eigenvalue weighted by Crippen LogP contribution is -2.45. The van der Waals surface area contributed by atoms with Gasteiger partial charge in [-0.2, -0.15) is 0 Å². The molecule has 0 aliphatic carbocycles. The third-order valence-electron chi connectivity index (χ3n) is 2.91. The Bertz CT molecular complexity index is 551. The van der Waals surface area contributed by atoms with Gasteiger partial charge >= 0.3 is 0 Å². The quantitative estimate of drug-likeness (QED) is 0.888. The molecule has 0 saturated carbocycles. The van der Waals surface area contributed by atoms with Crippen LogP contribution in [0.3, 0.4) is 0 Å². The molecule has 0 fully saturated rings. The highest BCUT2D eigenvalue weighted by Gasteiger charge is 2.16. The van der Waals surface area contributed by atoms with Gasteiger partial charge in [-0.05, 0) is 41.9 Å². The van der Waals surface area contributed by atoms with Crippen LogP contribution < -0.4 is 11.1 Å². The Morgan fingerprint density at radius 1 is 1.37 bits per heavy atom. The van der Waals surface area contributed by atoms with Crippen molar-refractivity contribution >= 4 is 15.9 Å². The lowest BCUT2D eigenvalue weighted by molar-refractivity contribution is 0.394. The van der Waals surface area contributed by atoms with Crippen molar-refractivity contribution < 1.29 is 4.42 Å². The zero-order valence-corrected chi connectivity index (χ0v) is 12.7. The van der Waals surface area contributed by atoms with E-state index in [1.807, 2.05) is 24.3 Å². The van der Waals surface area contributed by atoms with E-state index >= 15 is 0 Å². The molecule has 0 radical (unpaired) electrons. The molecular weight excluding hydrogens is 306 g/mol. The van der Waals surface area contributed by atoms with Crippen LogP contribution in [0.15, 0.2) is 39.4 Å². The average molecular weight is 324 g/mol. The monoisotopic (exact) mass is 323 g/mol. The number of oxazole rings is 1. The molecule has 1 aromatic carbocycles. The van der Waals surface area contributed by atoms with Gasteiger partial charge < -0.3 is 15.5 Å². The lowest BCUT2D eigenvalue weighted by atomic mass is 10.1. The predicted octanol–water partition coefficient (Wildman–Crippen LogP) is 2.93. The number of nitrogens with two attached hydrogens (primary N) is 1. The van der Waals surface area contributed by atoms with Crippen molar-refractivity contribution in [2.75, 3.05) is 6.54 Å². The summed E-state index contributed by atoms with van der Waals surface area (Å²) in [4.78, 5) is 4.48. The van der Waals surface area contributed by atoms with E-state index < -0.39 is 0 Å².